The Morgan fingerprint density at radius 1 is 1.32 bits per heavy atom. The van der Waals surface area contributed by atoms with Gasteiger partial charge in [0.15, 0.2) is 11.0 Å². The van der Waals surface area contributed by atoms with E-state index in [4.69, 9.17) is 30.7 Å². The standard InChI is InChI=1S/C24H34N3O9PS/c1-15(20(30)33-14-23(2,3)4)26-37(32,36-16-9-7-6-8-10-16)34-13-17-19(29)24(5,31)21(35-17)27-12-11-18(28)25-22(27)38/h6-12,15,17,19,21,29,31H,13-14H2,1-5H3,(H,26,32)(H,25,28,38)/t15-,17+,19?,21+,24+,37?/m0/s1. The Morgan fingerprint density at radius 3 is 2.58 bits per heavy atom. The fourth-order valence-electron chi connectivity index (χ4n) is 3.57. The summed E-state index contributed by atoms with van der Waals surface area (Å²) in [5.74, 6) is -0.455. The molecule has 0 saturated carbocycles. The highest BCUT2D eigenvalue weighted by molar-refractivity contribution is 7.71. The molecule has 2 aromatic rings. The van der Waals surface area contributed by atoms with Gasteiger partial charge in [0.05, 0.1) is 13.2 Å². The van der Waals surface area contributed by atoms with Gasteiger partial charge in [-0.25, -0.2) is 4.57 Å². The third-order valence-electron chi connectivity index (χ3n) is 5.59. The molecular formula is C24H34N3O9PS. The van der Waals surface area contributed by atoms with E-state index in [1.165, 1.54) is 30.7 Å². The Labute approximate surface area is 225 Å². The molecule has 1 aromatic heterocycles. The number of carbonyl (C=O) groups is 1. The average molecular weight is 572 g/mol. The molecular weight excluding hydrogens is 537 g/mol. The molecule has 0 aliphatic carbocycles. The van der Waals surface area contributed by atoms with Crippen LogP contribution < -0.4 is 15.2 Å². The second kappa shape index (κ2) is 11.8. The van der Waals surface area contributed by atoms with Crippen LogP contribution in [-0.2, 0) is 23.4 Å². The van der Waals surface area contributed by atoms with Crippen LogP contribution in [-0.4, -0.2) is 62.8 Å². The van der Waals surface area contributed by atoms with Crippen molar-refractivity contribution in [3.05, 3.63) is 57.7 Å². The van der Waals surface area contributed by atoms with Gasteiger partial charge in [-0.2, -0.15) is 5.09 Å². The zero-order valence-corrected chi connectivity index (χ0v) is 23.5. The lowest BCUT2D eigenvalue weighted by molar-refractivity contribution is -0.148. The third-order valence-corrected chi connectivity index (χ3v) is 7.55. The van der Waals surface area contributed by atoms with Gasteiger partial charge in [-0.15, -0.1) is 0 Å². The summed E-state index contributed by atoms with van der Waals surface area (Å²) in [6, 6.07) is 8.31. The topological polar surface area (TPSA) is 161 Å². The number of para-hydroxylation sites is 1. The highest BCUT2D eigenvalue weighted by atomic mass is 32.1. The minimum Gasteiger partial charge on any atom is -0.464 e. The van der Waals surface area contributed by atoms with Crippen molar-refractivity contribution in [2.75, 3.05) is 13.2 Å². The Hall–Kier alpha value is -2.38. The highest BCUT2D eigenvalue weighted by Gasteiger charge is 2.53. The lowest BCUT2D eigenvalue weighted by Crippen LogP contribution is -2.45. The number of carbonyl (C=O) groups excluding carboxylic acids is 1. The van der Waals surface area contributed by atoms with E-state index in [1.54, 1.807) is 30.3 Å². The number of ether oxygens (including phenoxy) is 2. The van der Waals surface area contributed by atoms with Crippen molar-refractivity contribution in [3.8, 4) is 5.75 Å². The smallest absolute Gasteiger partial charge is 0.459 e. The molecule has 1 aromatic carbocycles. The van der Waals surface area contributed by atoms with Gasteiger partial charge in [0, 0.05) is 12.3 Å². The molecule has 12 nitrogen and oxygen atoms in total. The molecule has 0 radical (unpaired) electrons. The minimum atomic E-state index is -4.24. The molecule has 38 heavy (non-hydrogen) atoms. The summed E-state index contributed by atoms with van der Waals surface area (Å²) < 4.78 is 37.3. The van der Waals surface area contributed by atoms with E-state index >= 15 is 0 Å². The average Bonchev–Trinajstić information content (AvgIpc) is 3.04. The normalized spacial score (nSPS) is 25.9. The number of aliphatic hydroxyl groups is 2. The maximum Gasteiger partial charge on any atom is 0.459 e. The minimum absolute atomic E-state index is 0.0288. The molecule has 3 rings (SSSR count). The number of aromatic amines is 1. The number of hydrogen-bond acceptors (Lipinski definition) is 10. The van der Waals surface area contributed by atoms with Gasteiger partial charge in [-0.3, -0.25) is 23.7 Å². The van der Waals surface area contributed by atoms with Gasteiger partial charge in [-0.05, 0) is 43.6 Å². The van der Waals surface area contributed by atoms with Gasteiger partial charge in [-0.1, -0.05) is 39.0 Å². The Morgan fingerprint density at radius 2 is 1.97 bits per heavy atom. The predicted octanol–water partition coefficient (Wildman–Crippen LogP) is 2.69. The monoisotopic (exact) mass is 571 g/mol. The lowest BCUT2D eigenvalue weighted by atomic mass is 9.96. The molecule has 6 atom stereocenters. The van der Waals surface area contributed by atoms with Crippen LogP contribution in [0.15, 0.2) is 47.4 Å². The molecule has 0 spiro atoms. The molecule has 2 unspecified atom stereocenters. The number of rotatable bonds is 10. The number of H-pyrrole nitrogens is 1. The first-order valence-electron chi connectivity index (χ1n) is 11.9. The molecule has 0 bridgehead atoms. The Balaban J connectivity index is 1.78. The molecule has 210 valence electrons. The summed E-state index contributed by atoms with van der Waals surface area (Å²) in [5.41, 5.74) is -2.56. The maximum atomic E-state index is 13.7. The first-order valence-corrected chi connectivity index (χ1v) is 13.9. The Kier molecular flexibility index (Phi) is 9.36. The van der Waals surface area contributed by atoms with Crippen LogP contribution in [0.25, 0.3) is 0 Å². The summed E-state index contributed by atoms with van der Waals surface area (Å²) in [7, 11) is -4.24. The fraction of sp³-hybridized carbons (Fsp3) is 0.542. The molecule has 2 heterocycles. The molecule has 1 aliphatic rings. The van der Waals surface area contributed by atoms with Crippen LogP contribution >= 0.6 is 20.0 Å². The molecule has 4 N–H and O–H groups in total. The van der Waals surface area contributed by atoms with Crippen LogP contribution in [0.3, 0.4) is 0 Å². The first kappa shape index (κ1) is 30.2. The summed E-state index contributed by atoms with van der Waals surface area (Å²) in [5, 5.41) is 24.3. The van der Waals surface area contributed by atoms with Gasteiger partial charge < -0.3 is 24.2 Å². The third kappa shape index (κ3) is 7.60. The number of nitrogens with zero attached hydrogens (tertiary/aromatic N) is 1. The summed E-state index contributed by atoms with van der Waals surface area (Å²) in [6.07, 6.45) is -2.54. The van der Waals surface area contributed by atoms with E-state index < -0.39 is 56.0 Å². The number of nitrogens with one attached hydrogen (secondary N) is 2. The molecule has 1 saturated heterocycles. The zero-order valence-electron chi connectivity index (χ0n) is 21.8. The number of benzene rings is 1. The summed E-state index contributed by atoms with van der Waals surface area (Å²) >= 11 is 5.15. The van der Waals surface area contributed by atoms with Gasteiger partial charge in [0.2, 0.25) is 0 Å². The van der Waals surface area contributed by atoms with Crippen molar-refractivity contribution >= 4 is 25.9 Å². The largest absolute Gasteiger partial charge is 0.464 e. The molecule has 0 amide bonds. The fourth-order valence-corrected chi connectivity index (χ4v) is 5.33. The zero-order chi connectivity index (χ0) is 28.3. The predicted molar refractivity (Wildman–Crippen MR) is 140 cm³/mol. The number of aliphatic hydroxyl groups excluding tert-OH is 1. The van der Waals surface area contributed by atoms with Gasteiger partial charge >= 0.3 is 13.7 Å². The molecule has 1 fully saturated rings. The number of hydrogen-bond donors (Lipinski definition) is 4. The Bertz CT molecular complexity index is 1280. The van der Waals surface area contributed by atoms with E-state index in [2.05, 4.69) is 10.1 Å². The van der Waals surface area contributed by atoms with Crippen molar-refractivity contribution in [2.45, 2.75) is 64.7 Å². The van der Waals surface area contributed by atoms with Crippen LogP contribution in [0.1, 0.15) is 40.8 Å². The van der Waals surface area contributed by atoms with Crippen molar-refractivity contribution < 1.29 is 38.1 Å². The summed E-state index contributed by atoms with van der Waals surface area (Å²) in [6.45, 7) is 8.15. The van der Waals surface area contributed by atoms with E-state index in [1.807, 2.05) is 20.8 Å². The number of esters is 1. The van der Waals surface area contributed by atoms with Gasteiger partial charge in [0.1, 0.15) is 29.6 Å². The van der Waals surface area contributed by atoms with Crippen molar-refractivity contribution in [2.24, 2.45) is 5.41 Å². The van der Waals surface area contributed by atoms with E-state index in [0.29, 0.717) is 0 Å². The maximum absolute atomic E-state index is 13.7. The number of aromatic nitrogens is 2. The van der Waals surface area contributed by atoms with Crippen LogP contribution in [0.5, 0.6) is 5.75 Å². The van der Waals surface area contributed by atoms with Crippen molar-refractivity contribution in [1.82, 2.24) is 14.6 Å². The highest BCUT2D eigenvalue weighted by Crippen LogP contribution is 2.47. The van der Waals surface area contributed by atoms with Gasteiger partial charge in [0.25, 0.3) is 5.56 Å². The molecule has 1 aliphatic heterocycles. The second-order valence-electron chi connectivity index (χ2n) is 10.4. The first-order chi connectivity index (χ1) is 17.6. The SMILES string of the molecule is C[C@H](NP(=O)(OC[C@H]1O[C@@H](n2ccc(=O)[nH]c2=S)[C@](C)(O)C1O)Oc1ccccc1)C(=O)OCC(C)(C)C. The van der Waals surface area contributed by atoms with E-state index in [0.717, 1.165) is 0 Å². The van der Waals surface area contributed by atoms with E-state index in [-0.39, 0.29) is 22.5 Å². The van der Waals surface area contributed by atoms with Crippen molar-refractivity contribution in [3.63, 3.8) is 0 Å². The lowest BCUT2D eigenvalue weighted by Gasteiger charge is -2.28. The van der Waals surface area contributed by atoms with Crippen LogP contribution in [0.4, 0.5) is 0 Å². The quantitative estimate of drug-likeness (QED) is 0.188. The van der Waals surface area contributed by atoms with Crippen LogP contribution in [0, 0.1) is 10.2 Å². The summed E-state index contributed by atoms with van der Waals surface area (Å²) in [4.78, 5) is 26.5. The molecule has 14 heteroatoms. The van der Waals surface area contributed by atoms with Crippen LogP contribution in [0.2, 0.25) is 0 Å². The van der Waals surface area contributed by atoms with Crippen molar-refractivity contribution in [1.29, 1.82) is 0 Å². The second-order valence-corrected chi connectivity index (χ2v) is 12.5. The van der Waals surface area contributed by atoms with E-state index in [9.17, 15) is 24.4 Å².